The van der Waals surface area contributed by atoms with Gasteiger partial charge in [-0.15, -0.1) is 0 Å². The Kier molecular flexibility index (Phi) is 71.2. The number of esters is 4. The van der Waals surface area contributed by atoms with Crippen LogP contribution in [0.3, 0.4) is 0 Å². The van der Waals surface area contributed by atoms with Gasteiger partial charge in [0.25, 0.3) is 0 Å². The summed E-state index contributed by atoms with van der Waals surface area (Å²) >= 11 is 0. The number of phosphoric ester groups is 2. The van der Waals surface area contributed by atoms with Crippen molar-refractivity contribution in [1.82, 2.24) is 0 Å². The number of aliphatic hydroxyl groups is 1. The third-order valence-corrected chi connectivity index (χ3v) is 17.3. The number of hydrogen-bond acceptors (Lipinski definition) is 15. The molecular formula is C85H136O17P2. The van der Waals surface area contributed by atoms with E-state index < -0.39 is 97.5 Å². The highest BCUT2D eigenvalue weighted by Gasteiger charge is 2.30. The van der Waals surface area contributed by atoms with Gasteiger partial charge < -0.3 is 33.8 Å². The molecule has 0 fully saturated rings. The van der Waals surface area contributed by atoms with Crippen molar-refractivity contribution in [2.24, 2.45) is 0 Å². The standard InChI is InChI=1S/C85H136O17P2/c1-5-9-13-17-21-25-29-33-37-39-43-45-49-53-57-61-65-69-82(87)95-75-80(101-84(89)71-67-63-59-55-51-47-41-35-31-27-23-19-15-11-7-3)77-99-103(91,92)97-73-79(86)74-98-104(93,94)100-78-81(102-85(90)72-68-64-60-56-52-48-42-36-32-28-24-20-16-12-8-4)76-96-83(88)70-66-62-58-54-50-46-44-40-38-34-30-26-22-18-14-10-6-2/h9-11,13-15,21-28,33-38,41-46,51,55,63,67,79-81,86H,5-8,12,16-20,29-32,39-40,47-50,52-54,56-62,64-66,68-78H2,1-4H3,(H,91,92)(H,93,94)/b13-9-,14-10-,15-11-,25-21-,26-22-,27-23-,28-24-,37-33-,38-34-,41-35-,42-36-,45-43-,46-44-,55-51-,67-63-. The lowest BCUT2D eigenvalue weighted by atomic mass is 10.1. The van der Waals surface area contributed by atoms with Gasteiger partial charge in [0.1, 0.15) is 19.3 Å². The van der Waals surface area contributed by atoms with E-state index in [0.29, 0.717) is 25.7 Å². The maximum absolute atomic E-state index is 13.1. The summed E-state index contributed by atoms with van der Waals surface area (Å²) in [6, 6.07) is 0. The first-order valence-electron chi connectivity index (χ1n) is 39.0. The Morgan fingerprint density at radius 3 is 0.856 bits per heavy atom. The zero-order valence-corrected chi connectivity index (χ0v) is 65.9. The third kappa shape index (κ3) is 74.4. The Morgan fingerprint density at radius 1 is 0.288 bits per heavy atom. The highest BCUT2D eigenvalue weighted by Crippen LogP contribution is 2.45. The number of unbranched alkanes of at least 4 members (excludes halogenated alkanes) is 16. The zero-order valence-electron chi connectivity index (χ0n) is 64.1. The fraction of sp³-hybridized carbons (Fsp3) is 0.600. The maximum Gasteiger partial charge on any atom is 0.472 e. The average molecular weight is 1490 g/mol. The summed E-state index contributed by atoms with van der Waals surface area (Å²) in [5, 5.41) is 10.6. The van der Waals surface area contributed by atoms with E-state index >= 15 is 0 Å². The first kappa shape index (κ1) is 98.2. The molecule has 0 heterocycles. The van der Waals surface area contributed by atoms with Crippen molar-refractivity contribution < 1.29 is 80.2 Å². The third-order valence-electron chi connectivity index (χ3n) is 15.4. The molecule has 5 unspecified atom stereocenters. The molecule has 0 aliphatic carbocycles. The number of allylic oxidation sites excluding steroid dienone is 29. The van der Waals surface area contributed by atoms with Crippen LogP contribution >= 0.6 is 15.6 Å². The fourth-order valence-electron chi connectivity index (χ4n) is 9.54. The Bertz CT molecular complexity index is 2690. The van der Waals surface area contributed by atoms with Gasteiger partial charge in [0.05, 0.1) is 32.8 Å². The van der Waals surface area contributed by atoms with Gasteiger partial charge in [-0.25, -0.2) is 9.13 Å². The van der Waals surface area contributed by atoms with Crippen LogP contribution in [-0.4, -0.2) is 96.7 Å². The second-order valence-electron chi connectivity index (χ2n) is 25.2. The molecule has 19 heteroatoms. The largest absolute Gasteiger partial charge is 0.472 e. The van der Waals surface area contributed by atoms with Crippen molar-refractivity contribution in [3.05, 3.63) is 182 Å². The lowest BCUT2D eigenvalue weighted by molar-refractivity contribution is -0.161. The molecule has 0 aromatic carbocycles. The second-order valence-corrected chi connectivity index (χ2v) is 28.1. The van der Waals surface area contributed by atoms with Crippen molar-refractivity contribution in [1.29, 1.82) is 0 Å². The van der Waals surface area contributed by atoms with Crippen LogP contribution in [0.2, 0.25) is 0 Å². The lowest BCUT2D eigenvalue weighted by Gasteiger charge is -2.21. The van der Waals surface area contributed by atoms with Crippen molar-refractivity contribution in [3.8, 4) is 0 Å². The van der Waals surface area contributed by atoms with Crippen molar-refractivity contribution >= 4 is 39.5 Å². The molecule has 17 nitrogen and oxygen atoms in total. The van der Waals surface area contributed by atoms with Crippen molar-refractivity contribution in [2.45, 2.75) is 290 Å². The molecule has 0 aromatic rings. The lowest BCUT2D eigenvalue weighted by Crippen LogP contribution is -2.30. The van der Waals surface area contributed by atoms with E-state index in [0.717, 1.165) is 173 Å². The van der Waals surface area contributed by atoms with Crippen LogP contribution in [0.1, 0.15) is 272 Å². The van der Waals surface area contributed by atoms with Crippen LogP contribution in [0, 0.1) is 0 Å². The predicted octanol–water partition coefficient (Wildman–Crippen LogP) is 22.8. The van der Waals surface area contributed by atoms with E-state index in [1.807, 2.05) is 12.2 Å². The smallest absolute Gasteiger partial charge is 0.462 e. The second kappa shape index (κ2) is 75.4. The van der Waals surface area contributed by atoms with Gasteiger partial charge in [-0.1, -0.05) is 268 Å². The van der Waals surface area contributed by atoms with Gasteiger partial charge >= 0.3 is 39.5 Å². The van der Waals surface area contributed by atoms with Gasteiger partial charge in [0.15, 0.2) is 12.2 Å². The predicted molar refractivity (Wildman–Crippen MR) is 426 cm³/mol. The molecule has 104 heavy (non-hydrogen) atoms. The molecule has 0 saturated heterocycles. The van der Waals surface area contributed by atoms with Crippen LogP contribution in [-0.2, 0) is 65.4 Å². The SMILES string of the molecule is CC/C=C\C/C=C\C/C=C\C/C=C\C/C=C\CC(=O)OC(COC(=O)CCCCCC/C=C\C/C=C\C/C=C\C/C=C\CC)COP(=O)(O)OCC(O)COP(=O)(O)OCC(COC(=O)CCCCCC/C=C\C/C=C\C/C=C\C/C=C\CC)OC(=O)CCCCCCC/C=C\C/C=C\CCCCC. The van der Waals surface area contributed by atoms with E-state index in [9.17, 15) is 43.2 Å². The van der Waals surface area contributed by atoms with Crippen LogP contribution in [0.25, 0.3) is 0 Å². The molecule has 5 atom stereocenters. The molecule has 0 spiro atoms. The van der Waals surface area contributed by atoms with Crippen LogP contribution in [0.5, 0.6) is 0 Å². The molecule has 0 aliphatic heterocycles. The average Bonchev–Trinajstić information content (AvgIpc) is 1.21. The van der Waals surface area contributed by atoms with Gasteiger partial charge in [-0.05, 0) is 161 Å². The Labute approximate surface area is 628 Å². The van der Waals surface area contributed by atoms with Crippen LogP contribution in [0.15, 0.2) is 182 Å². The minimum atomic E-state index is -5.02. The van der Waals surface area contributed by atoms with Crippen LogP contribution in [0.4, 0.5) is 0 Å². The summed E-state index contributed by atoms with van der Waals surface area (Å²) in [7, 11) is -10.0. The number of aliphatic hydroxyl groups excluding tert-OH is 1. The molecule has 0 amide bonds. The number of carbonyl (C=O) groups is 4. The Morgan fingerprint density at radius 2 is 0.538 bits per heavy atom. The minimum absolute atomic E-state index is 0.0636. The quantitative estimate of drug-likeness (QED) is 0.0169. The highest BCUT2D eigenvalue weighted by molar-refractivity contribution is 7.47. The molecule has 0 saturated carbocycles. The van der Waals surface area contributed by atoms with Crippen molar-refractivity contribution in [3.63, 3.8) is 0 Å². The molecular weight excluding hydrogens is 1350 g/mol. The molecule has 3 N–H and O–H groups in total. The number of ether oxygens (including phenoxy) is 4. The molecule has 0 aliphatic rings. The monoisotopic (exact) mass is 1490 g/mol. The Hall–Kier alpha value is -5.84. The summed E-state index contributed by atoms with van der Waals surface area (Å²) in [5.41, 5.74) is 0. The first-order chi connectivity index (χ1) is 50.7. The summed E-state index contributed by atoms with van der Waals surface area (Å²) < 4.78 is 68.4. The molecule has 0 aromatic heterocycles. The van der Waals surface area contributed by atoms with Crippen LogP contribution < -0.4 is 0 Å². The number of rotatable bonds is 71. The molecule has 0 rings (SSSR count). The fourth-order valence-corrected chi connectivity index (χ4v) is 11.1. The maximum atomic E-state index is 13.1. The first-order valence-corrected chi connectivity index (χ1v) is 42.0. The van der Waals surface area contributed by atoms with Gasteiger partial charge in [0, 0.05) is 19.3 Å². The summed E-state index contributed by atoms with van der Waals surface area (Å²) in [4.78, 5) is 72.9. The molecule has 588 valence electrons. The topological polar surface area (TPSA) is 237 Å². The molecule has 0 radical (unpaired) electrons. The molecule has 0 bridgehead atoms. The number of hydrogen-bond donors (Lipinski definition) is 3. The summed E-state index contributed by atoms with van der Waals surface area (Å²) in [5.74, 6) is -2.41. The van der Waals surface area contributed by atoms with E-state index in [1.165, 1.54) is 19.3 Å². The van der Waals surface area contributed by atoms with Gasteiger partial charge in [-0.2, -0.15) is 0 Å². The normalized spacial score (nSPS) is 14.9. The number of phosphoric acid groups is 2. The van der Waals surface area contributed by atoms with Gasteiger partial charge in [0.2, 0.25) is 0 Å². The summed E-state index contributed by atoms with van der Waals surface area (Å²) in [6.45, 7) is 4.29. The Balaban J connectivity index is 5.50. The van der Waals surface area contributed by atoms with E-state index in [2.05, 4.69) is 186 Å². The van der Waals surface area contributed by atoms with Gasteiger partial charge in [-0.3, -0.25) is 37.3 Å². The van der Waals surface area contributed by atoms with E-state index in [4.69, 9.17) is 37.0 Å². The summed E-state index contributed by atoms with van der Waals surface area (Å²) in [6.07, 6.45) is 90.5. The highest BCUT2D eigenvalue weighted by atomic mass is 31.2. The number of carbonyl (C=O) groups excluding carboxylic acids is 4. The van der Waals surface area contributed by atoms with E-state index in [1.54, 1.807) is 12.2 Å². The van der Waals surface area contributed by atoms with E-state index in [-0.39, 0.29) is 25.7 Å². The van der Waals surface area contributed by atoms with Crippen molar-refractivity contribution in [2.75, 3.05) is 39.6 Å². The zero-order chi connectivity index (χ0) is 76.0. The minimum Gasteiger partial charge on any atom is -0.462 e.